The zero-order valence-corrected chi connectivity index (χ0v) is 10.5. The highest BCUT2D eigenvalue weighted by atomic mass is 16.5. The highest BCUT2D eigenvalue weighted by Crippen LogP contribution is 2.15. The molecule has 7 heteroatoms. The van der Waals surface area contributed by atoms with Gasteiger partial charge in [-0.3, -0.25) is 4.79 Å². The maximum Gasteiger partial charge on any atom is 0.253 e. The second-order valence-corrected chi connectivity index (χ2v) is 4.09. The molecule has 19 heavy (non-hydrogen) atoms. The Morgan fingerprint density at radius 3 is 2.84 bits per heavy atom. The third kappa shape index (κ3) is 3.21. The minimum Gasteiger partial charge on any atom is -0.399 e. The van der Waals surface area contributed by atoms with Gasteiger partial charge in [0.25, 0.3) is 5.91 Å². The van der Waals surface area contributed by atoms with Crippen molar-refractivity contribution in [2.75, 3.05) is 18.0 Å². The van der Waals surface area contributed by atoms with Crippen molar-refractivity contribution in [1.82, 2.24) is 15.5 Å². The number of nitrogen functional groups attached to an aromatic ring is 2. The molecule has 7 nitrogen and oxygen atoms in total. The predicted molar refractivity (Wildman–Crippen MR) is 70.3 cm³/mol. The lowest BCUT2D eigenvalue weighted by molar-refractivity contribution is 0.0954. The topological polar surface area (TPSA) is 120 Å². The average Bonchev–Trinajstić information content (AvgIpc) is 2.75. The Balaban J connectivity index is 1.90. The molecule has 1 heterocycles. The first kappa shape index (κ1) is 12.9. The lowest BCUT2D eigenvalue weighted by atomic mass is 10.1. The van der Waals surface area contributed by atoms with Gasteiger partial charge in [-0.2, -0.15) is 4.98 Å². The molecule has 100 valence electrons. The molecule has 0 spiro atoms. The number of hydrogen-bond donors (Lipinski definition) is 3. The zero-order valence-electron chi connectivity index (χ0n) is 10.5. The maximum absolute atomic E-state index is 11.9. The summed E-state index contributed by atoms with van der Waals surface area (Å²) in [5, 5.41) is 6.39. The summed E-state index contributed by atoms with van der Waals surface area (Å²) in [6.07, 6.45) is 0.474. The lowest BCUT2D eigenvalue weighted by Crippen LogP contribution is -2.26. The molecule has 1 aromatic heterocycles. The number of anilines is 2. The monoisotopic (exact) mass is 261 g/mol. The normalized spacial score (nSPS) is 10.4. The van der Waals surface area contributed by atoms with Crippen LogP contribution in [0, 0.1) is 6.92 Å². The van der Waals surface area contributed by atoms with Gasteiger partial charge in [0, 0.05) is 24.3 Å². The van der Waals surface area contributed by atoms with Crippen LogP contribution in [0.2, 0.25) is 0 Å². The minimum atomic E-state index is -0.256. The van der Waals surface area contributed by atoms with E-state index in [0.717, 1.165) is 0 Å². The number of benzene rings is 1. The Kier molecular flexibility index (Phi) is 3.65. The summed E-state index contributed by atoms with van der Waals surface area (Å²) in [6, 6.07) is 4.78. The first-order chi connectivity index (χ1) is 9.06. The van der Waals surface area contributed by atoms with Crippen molar-refractivity contribution in [1.29, 1.82) is 0 Å². The highest BCUT2D eigenvalue weighted by Gasteiger charge is 2.10. The first-order valence-electron chi connectivity index (χ1n) is 5.78. The fraction of sp³-hybridized carbons (Fsp3) is 0.250. The number of hydrogen-bond acceptors (Lipinski definition) is 6. The molecule has 2 rings (SSSR count). The first-order valence-corrected chi connectivity index (χ1v) is 5.78. The van der Waals surface area contributed by atoms with Crippen molar-refractivity contribution >= 4 is 17.3 Å². The van der Waals surface area contributed by atoms with E-state index in [-0.39, 0.29) is 5.91 Å². The summed E-state index contributed by atoms with van der Waals surface area (Å²) in [5.74, 6) is 0.806. The van der Waals surface area contributed by atoms with Crippen molar-refractivity contribution < 1.29 is 9.32 Å². The molecule has 1 amide bonds. The van der Waals surface area contributed by atoms with Crippen LogP contribution in [-0.2, 0) is 6.42 Å². The molecule has 0 saturated heterocycles. The van der Waals surface area contributed by atoms with Gasteiger partial charge in [0.1, 0.15) is 0 Å². The van der Waals surface area contributed by atoms with Crippen molar-refractivity contribution in [2.24, 2.45) is 0 Å². The lowest BCUT2D eigenvalue weighted by Gasteiger charge is -2.07. The third-order valence-electron chi connectivity index (χ3n) is 2.51. The standard InChI is InChI=1S/C12H15N5O2/c1-7-16-11(19-17-7)4-5-15-12(18)9-3-2-8(13)6-10(9)14/h2-3,6H,4-5,13-14H2,1H3,(H,15,18). The minimum absolute atomic E-state index is 0.256. The molecule has 2 aromatic rings. The molecule has 0 radical (unpaired) electrons. The summed E-state index contributed by atoms with van der Waals surface area (Å²) in [7, 11) is 0. The molecule has 0 saturated carbocycles. The number of carbonyl (C=O) groups excluding carboxylic acids is 1. The molecule has 0 bridgehead atoms. The van der Waals surface area contributed by atoms with E-state index in [9.17, 15) is 4.79 Å². The van der Waals surface area contributed by atoms with Crippen molar-refractivity contribution in [2.45, 2.75) is 13.3 Å². The van der Waals surface area contributed by atoms with E-state index in [1.54, 1.807) is 25.1 Å². The number of aryl methyl sites for hydroxylation is 1. The van der Waals surface area contributed by atoms with Crippen LogP contribution in [0.3, 0.4) is 0 Å². The number of amides is 1. The number of aromatic nitrogens is 2. The van der Waals surface area contributed by atoms with E-state index in [0.29, 0.717) is 41.6 Å². The molecule has 0 aliphatic rings. The van der Waals surface area contributed by atoms with Gasteiger partial charge in [0.15, 0.2) is 5.82 Å². The summed E-state index contributed by atoms with van der Waals surface area (Å²) < 4.78 is 4.94. The number of nitrogens with zero attached hydrogens (tertiary/aromatic N) is 2. The van der Waals surface area contributed by atoms with Crippen LogP contribution in [0.15, 0.2) is 22.7 Å². The Morgan fingerprint density at radius 2 is 2.21 bits per heavy atom. The van der Waals surface area contributed by atoms with Gasteiger partial charge >= 0.3 is 0 Å². The van der Waals surface area contributed by atoms with Gasteiger partial charge in [0.05, 0.1) is 5.56 Å². The van der Waals surface area contributed by atoms with Gasteiger partial charge in [-0.25, -0.2) is 0 Å². The Bertz CT molecular complexity index is 594. The van der Waals surface area contributed by atoms with Crippen LogP contribution in [-0.4, -0.2) is 22.6 Å². The summed E-state index contributed by atoms with van der Waals surface area (Å²) in [4.78, 5) is 15.9. The zero-order chi connectivity index (χ0) is 13.8. The fourth-order valence-corrected chi connectivity index (χ4v) is 1.61. The number of nitrogens with one attached hydrogen (secondary N) is 1. The number of rotatable bonds is 4. The van der Waals surface area contributed by atoms with Gasteiger partial charge < -0.3 is 21.3 Å². The van der Waals surface area contributed by atoms with Crippen molar-refractivity contribution in [3.8, 4) is 0 Å². The van der Waals surface area contributed by atoms with Crippen LogP contribution in [0.1, 0.15) is 22.1 Å². The van der Waals surface area contributed by atoms with Crippen molar-refractivity contribution in [3.05, 3.63) is 35.5 Å². The third-order valence-corrected chi connectivity index (χ3v) is 2.51. The smallest absolute Gasteiger partial charge is 0.253 e. The van der Waals surface area contributed by atoms with E-state index in [2.05, 4.69) is 15.5 Å². The van der Waals surface area contributed by atoms with Crippen LogP contribution in [0.5, 0.6) is 0 Å². The summed E-state index contributed by atoms with van der Waals surface area (Å²) >= 11 is 0. The Hall–Kier alpha value is -2.57. The summed E-state index contributed by atoms with van der Waals surface area (Å²) in [5.41, 5.74) is 12.6. The van der Waals surface area contributed by atoms with Gasteiger partial charge in [-0.1, -0.05) is 5.16 Å². The van der Waals surface area contributed by atoms with E-state index < -0.39 is 0 Å². The quantitative estimate of drug-likeness (QED) is 0.690. The van der Waals surface area contributed by atoms with E-state index in [1.165, 1.54) is 0 Å². The second kappa shape index (κ2) is 5.38. The van der Waals surface area contributed by atoms with E-state index >= 15 is 0 Å². The van der Waals surface area contributed by atoms with Crippen LogP contribution in [0.25, 0.3) is 0 Å². The predicted octanol–water partition coefficient (Wildman–Crippen LogP) is 0.515. The van der Waals surface area contributed by atoms with Gasteiger partial charge in [-0.15, -0.1) is 0 Å². The molecule has 5 N–H and O–H groups in total. The molecule has 0 fully saturated rings. The molecular formula is C12H15N5O2. The van der Waals surface area contributed by atoms with Crippen LogP contribution >= 0.6 is 0 Å². The molecule has 0 unspecified atom stereocenters. The van der Waals surface area contributed by atoms with E-state index in [1.807, 2.05) is 0 Å². The number of carbonyl (C=O) groups is 1. The molecule has 1 aromatic carbocycles. The van der Waals surface area contributed by atoms with E-state index in [4.69, 9.17) is 16.0 Å². The molecule has 0 atom stereocenters. The average molecular weight is 261 g/mol. The highest BCUT2D eigenvalue weighted by molar-refractivity contribution is 5.99. The van der Waals surface area contributed by atoms with Crippen LogP contribution < -0.4 is 16.8 Å². The Labute approximate surface area is 110 Å². The molecule has 0 aliphatic carbocycles. The molecular weight excluding hydrogens is 246 g/mol. The molecule has 0 aliphatic heterocycles. The van der Waals surface area contributed by atoms with Crippen molar-refractivity contribution in [3.63, 3.8) is 0 Å². The summed E-state index contributed by atoms with van der Waals surface area (Å²) in [6.45, 7) is 2.13. The Morgan fingerprint density at radius 1 is 1.42 bits per heavy atom. The SMILES string of the molecule is Cc1noc(CCNC(=O)c2ccc(N)cc2N)n1. The fourth-order valence-electron chi connectivity index (χ4n) is 1.61. The second-order valence-electron chi connectivity index (χ2n) is 4.09. The van der Waals surface area contributed by atoms with Gasteiger partial charge in [0.2, 0.25) is 5.89 Å². The van der Waals surface area contributed by atoms with Crippen LogP contribution in [0.4, 0.5) is 11.4 Å². The maximum atomic E-state index is 11.9. The van der Waals surface area contributed by atoms with Gasteiger partial charge in [-0.05, 0) is 25.1 Å². The largest absolute Gasteiger partial charge is 0.399 e. The number of nitrogens with two attached hydrogens (primary N) is 2.